The van der Waals surface area contributed by atoms with Crippen LogP contribution >= 0.6 is 0 Å². The van der Waals surface area contributed by atoms with Crippen LogP contribution in [0.1, 0.15) is 43.1 Å². The van der Waals surface area contributed by atoms with E-state index in [2.05, 4.69) is 41.4 Å². The van der Waals surface area contributed by atoms with Crippen molar-refractivity contribution in [3.05, 3.63) is 47.1 Å². The van der Waals surface area contributed by atoms with Crippen LogP contribution in [0.3, 0.4) is 0 Å². The maximum atomic E-state index is 9.94. The highest BCUT2D eigenvalue weighted by Gasteiger charge is 2.37. The van der Waals surface area contributed by atoms with Gasteiger partial charge in [-0.3, -0.25) is 5.32 Å². The molecule has 0 radical (unpaired) electrons. The molecule has 0 saturated heterocycles. The van der Waals surface area contributed by atoms with Crippen LogP contribution in [0.2, 0.25) is 0 Å². The van der Waals surface area contributed by atoms with Crippen molar-refractivity contribution in [3.63, 3.8) is 0 Å². The van der Waals surface area contributed by atoms with E-state index >= 15 is 0 Å². The minimum atomic E-state index is -0.400. The fraction of sp³-hybridized carbons (Fsp3) is 0.529. The van der Waals surface area contributed by atoms with Gasteiger partial charge in [0.2, 0.25) is 5.89 Å². The Balaban J connectivity index is 1.71. The molecule has 2 N–H and O–H groups in total. The summed E-state index contributed by atoms with van der Waals surface area (Å²) in [5.74, 6) is 1.83. The average molecular weight is 301 g/mol. The third-order valence-corrected chi connectivity index (χ3v) is 4.30. The highest BCUT2D eigenvalue weighted by molar-refractivity contribution is 5.38. The Morgan fingerprint density at radius 3 is 2.95 bits per heavy atom. The van der Waals surface area contributed by atoms with E-state index in [1.165, 1.54) is 11.1 Å². The monoisotopic (exact) mass is 301 g/mol. The van der Waals surface area contributed by atoms with E-state index in [4.69, 9.17) is 4.52 Å². The lowest BCUT2D eigenvalue weighted by molar-refractivity contribution is 0.154. The van der Waals surface area contributed by atoms with E-state index in [1.54, 1.807) is 0 Å². The summed E-state index contributed by atoms with van der Waals surface area (Å²) >= 11 is 0. The molecule has 2 aromatic rings. The van der Waals surface area contributed by atoms with Gasteiger partial charge >= 0.3 is 0 Å². The summed E-state index contributed by atoms with van der Waals surface area (Å²) in [5, 5.41) is 17.4. The Morgan fingerprint density at radius 2 is 2.18 bits per heavy atom. The number of benzene rings is 1. The molecule has 0 fully saturated rings. The predicted octanol–water partition coefficient (Wildman–Crippen LogP) is 2.19. The van der Waals surface area contributed by atoms with E-state index in [0.29, 0.717) is 18.4 Å². The SMILES string of the molecule is CC(C)Cc1noc(CNC2(CO)CCc3ccccc32)n1. The Bertz CT molecular complexity index is 638. The molecule has 5 heteroatoms. The Morgan fingerprint density at radius 1 is 1.36 bits per heavy atom. The van der Waals surface area contributed by atoms with Crippen LogP contribution in [-0.2, 0) is 24.9 Å². The summed E-state index contributed by atoms with van der Waals surface area (Å²) < 4.78 is 5.30. The fourth-order valence-electron chi connectivity index (χ4n) is 3.15. The lowest BCUT2D eigenvalue weighted by atomic mass is 9.92. The van der Waals surface area contributed by atoms with Crippen molar-refractivity contribution >= 4 is 0 Å². The van der Waals surface area contributed by atoms with Gasteiger partial charge in [0.15, 0.2) is 5.82 Å². The molecule has 1 aromatic heterocycles. The van der Waals surface area contributed by atoms with Gasteiger partial charge in [-0.2, -0.15) is 4.98 Å². The Labute approximate surface area is 130 Å². The smallest absolute Gasteiger partial charge is 0.240 e. The number of aliphatic hydroxyl groups excluding tert-OH is 1. The topological polar surface area (TPSA) is 71.2 Å². The third kappa shape index (κ3) is 2.91. The molecule has 0 aliphatic heterocycles. The zero-order valence-electron chi connectivity index (χ0n) is 13.2. The van der Waals surface area contributed by atoms with Gasteiger partial charge < -0.3 is 9.63 Å². The third-order valence-electron chi connectivity index (χ3n) is 4.30. The minimum absolute atomic E-state index is 0.0665. The first kappa shape index (κ1) is 15.2. The van der Waals surface area contributed by atoms with Gasteiger partial charge in [-0.05, 0) is 29.9 Å². The number of aryl methyl sites for hydroxylation is 1. The van der Waals surface area contributed by atoms with Crippen molar-refractivity contribution in [2.24, 2.45) is 5.92 Å². The summed E-state index contributed by atoms with van der Waals surface area (Å²) in [5.41, 5.74) is 2.08. The summed E-state index contributed by atoms with van der Waals surface area (Å²) in [7, 11) is 0. The second kappa shape index (κ2) is 6.18. The van der Waals surface area contributed by atoms with Gasteiger partial charge in [-0.25, -0.2) is 0 Å². The second-order valence-electron chi connectivity index (χ2n) is 6.45. The summed E-state index contributed by atoms with van der Waals surface area (Å²) in [4.78, 5) is 4.41. The van der Waals surface area contributed by atoms with Crippen molar-refractivity contribution in [2.45, 2.75) is 45.2 Å². The quantitative estimate of drug-likeness (QED) is 0.856. The lowest BCUT2D eigenvalue weighted by Gasteiger charge is -2.29. The van der Waals surface area contributed by atoms with E-state index in [1.807, 2.05) is 12.1 Å². The molecule has 118 valence electrons. The molecule has 1 aliphatic carbocycles. The molecular weight excluding hydrogens is 278 g/mol. The zero-order valence-corrected chi connectivity index (χ0v) is 13.2. The number of aromatic nitrogens is 2. The summed E-state index contributed by atoms with van der Waals surface area (Å²) in [6, 6.07) is 8.28. The van der Waals surface area contributed by atoms with Crippen molar-refractivity contribution in [3.8, 4) is 0 Å². The van der Waals surface area contributed by atoms with Gasteiger partial charge in [0.25, 0.3) is 0 Å². The van der Waals surface area contributed by atoms with E-state index in [-0.39, 0.29) is 6.61 Å². The van der Waals surface area contributed by atoms with Crippen molar-refractivity contribution in [1.29, 1.82) is 0 Å². The summed E-state index contributed by atoms with van der Waals surface area (Å²) in [6.45, 7) is 4.80. The van der Waals surface area contributed by atoms with Gasteiger partial charge in [0, 0.05) is 6.42 Å². The Hall–Kier alpha value is -1.72. The molecular formula is C17H23N3O2. The second-order valence-corrected chi connectivity index (χ2v) is 6.45. The van der Waals surface area contributed by atoms with E-state index in [0.717, 1.165) is 25.1 Å². The van der Waals surface area contributed by atoms with Gasteiger partial charge in [0.1, 0.15) is 0 Å². The van der Waals surface area contributed by atoms with Gasteiger partial charge in [-0.1, -0.05) is 43.3 Å². The standard InChI is InChI=1S/C17H23N3O2/c1-12(2)9-15-19-16(22-20-15)10-18-17(11-21)8-7-13-5-3-4-6-14(13)17/h3-6,12,18,21H,7-11H2,1-2H3. The fourth-order valence-corrected chi connectivity index (χ4v) is 3.15. The van der Waals surface area contributed by atoms with Crippen LogP contribution in [0.4, 0.5) is 0 Å². The maximum Gasteiger partial charge on any atom is 0.240 e. The molecule has 0 spiro atoms. The molecule has 3 rings (SSSR count). The first-order valence-corrected chi connectivity index (χ1v) is 7.89. The number of aliphatic hydroxyl groups is 1. The first-order valence-electron chi connectivity index (χ1n) is 7.89. The molecule has 1 aliphatic rings. The zero-order chi connectivity index (χ0) is 15.6. The molecule has 1 heterocycles. The number of fused-ring (bicyclic) bond motifs is 1. The van der Waals surface area contributed by atoms with Crippen LogP contribution in [-0.4, -0.2) is 21.9 Å². The molecule has 1 unspecified atom stereocenters. The van der Waals surface area contributed by atoms with Crippen LogP contribution in [0.5, 0.6) is 0 Å². The molecule has 0 bridgehead atoms. The number of nitrogens with zero attached hydrogens (tertiary/aromatic N) is 2. The molecule has 1 aromatic carbocycles. The van der Waals surface area contributed by atoms with Crippen LogP contribution in [0.25, 0.3) is 0 Å². The predicted molar refractivity (Wildman–Crippen MR) is 83.2 cm³/mol. The molecule has 0 saturated carbocycles. The lowest BCUT2D eigenvalue weighted by Crippen LogP contribution is -2.43. The van der Waals surface area contributed by atoms with Crippen LogP contribution < -0.4 is 5.32 Å². The molecule has 1 atom stereocenters. The van der Waals surface area contributed by atoms with E-state index in [9.17, 15) is 5.11 Å². The summed E-state index contributed by atoms with van der Waals surface area (Å²) in [6.07, 6.45) is 2.68. The van der Waals surface area contributed by atoms with Crippen LogP contribution in [0, 0.1) is 5.92 Å². The van der Waals surface area contributed by atoms with Crippen LogP contribution in [0.15, 0.2) is 28.8 Å². The minimum Gasteiger partial charge on any atom is -0.394 e. The van der Waals surface area contributed by atoms with Crippen molar-refractivity contribution in [2.75, 3.05) is 6.61 Å². The molecule has 22 heavy (non-hydrogen) atoms. The number of hydrogen-bond donors (Lipinski definition) is 2. The van der Waals surface area contributed by atoms with E-state index < -0.39 is 5.54 Å². The highest BCUT2D eigenvalue weighted by Crippen LogP contribution is 2.36. The van der Waals surface area contributed by atoms with Crippen molar-refractivity contribution < 1.29 is 9.63 Å². The Kier molecular flexibility index (Phi) is 4.27. The average Bonchev–Trinajstić information content (AvgIpc) is 3.10. The number of nitrogens with one attached hydrogen (secondary N) is 1. The highest BCUT2D eigenvalue weighted by atomic mass is 16.5. The van der Waals surface area contributed by atoms with Gasteiger partial charge in [0.05, 0.1) is 18.7 Å². The molecule has 5 nitrogen and oxygen atoms in total. The maximum absolute atomic E-state index is 9.94. The first-order chi connectivity index (χ1) is 10.6. The normalized spacial score (nSPS) is 20.5. The number of rotatable bonds is 6. The van der Waals surface area contributed by atoms with Crippen molar-refractivity contribution in [1.82, 2.24) is 15.5 Å². The number of hydrogen-bond acceptors (Lipinski definition) is 5. The van der Waals surface area contributed by atoms with Gasteiger partial charge in [-0.15, -0.1) is 0 Å². The molecule has 0 amide bonds. The largest absolute Gasteiger partial charge is 0.394 e.